The van der Waals surface area contributed by atoms with E-state index in [-0.39, 0.29) is 6.54 Å². The number of esters is 1. The summed E-state index contributed by atoms with van der Waals surface area (Å²) in [6.07, 6.45) is 0.738. The van der Waals surface area contributed by atoms with E-state index in [4.69, 9.17) is 9.47 Å². The summed E-state index contributed by atoms with van der Waals surface area (Å²) in [5, 5.41) is 5.06. The molecule has 0 aromatic heterocycles. The lowest BCUT2D eigenvalue weighted by Gasteiger charge is -2.25. The first kappa shape index (κ1) is 14.7. The lowest BCUT2D eigenvalue weighted by molar-refractivity contribution is -0.141. The molecule has 7 nitrogen and oxygen atoms in total. The van der Waals surface area contributed by atoms with Gasteiger partial charge in [-0.2, -0.15) is 0 Å². The molecule has 0 aromatic rings. The molecule has 1 rings (SSSR count). The molecule has 2 N–H and O–H groups in total. The summed E-state index contributed by atoms with van der Waals surface area (Å²) in [5.41, 5.74) is -0.457. The summed E-state index contributed by atoms with van der Waals surface area (Å²) in [7, 11) is 1.59. The van der Waals surface area contributed by atoms with Gasteiger partial charge in [-0.05, 0) is 6.92 Å². The van der Waals surface area contributed by atoms with E-state index >= 15 is 0 Å². The monoisotopic (exact) mass is 260 g/mol. The average Bonchev–Trinajstić information content (AvgIpc) is 2.84. The Morgan fingerprint density at radius 3 is 2.72 bits per heavy atom. The molecule has 1 aliphatic rings. The van der Waals surface area contributed by atoms with Crippen molar-refractivity contribution in [3.8, 4) is 0 Å². The second-order valence-electron chi connectivity index (χ2n) is 4.03. The van der Waals surface area contributed by atoms with Crippen LogP contribution in [0.4, 0.5) is 4.79 Å². The van der Waals surface area contributed by atoms with E-state index in [9.17, 15) is 9.59 Å². The first-order valence-corrected chi connectivity index (χ1v) is 5.92. The first-order valence-electron chi connectivity index (χ1n) is 5.92. The SMILES string of the molecule is CCOC(=O)CNC(=O)NCC1(OC)CCOC1. The number of methoxy groups -OCH3 is 1. The van der Waals surface area contributed by atoms with Crippen LogP contribution in [0.1, 0.15) is 13.3 Å². The van der Waals surface area contributed by atoms with Crippen LogP contribution in [0.5, 0.6) is 0 Å². The number of hydrogen-bond acceptors (Lipinski definition) is 5. The van der Waals surface area contributed by atoms with Crippen molar-refractivity contribution in [3.05, 3.63) is 0 Å². The minimum Gasteiger partial charge on any atom is -0.465 e. The topological polar surface area (TPSA) is 85.9 Å². The van der Waals surface area contributed by atoms with Crippen LogP contribution < -0.4 is 10.6 Å². The Balaban J connectivity index is 2.22. The number of ether oxygens (including phenoxy) is 3. The smallest absolute Gasteiger partial charge is 0.325 e. The van der Waals surface area contributed by atoms with Gasteiger partial charge < -0.3 is 24.8 Å². The lowest BCUT2D eigenvalue weighted by atomic mass is 10.0. The predicted octanol–water partition coefficient (Wildman–Crippen LogP) is -0.346. The highest BCUT2D eigenvalue weighted by Crippen LogP contribution is 2.21. The summed E-state index contributed by atoms with van der Waals surface area (Å²) < 4.78 is 15.3. The summed E-state index contributed by atoms with van der Waals surface area (Å²) in [6, 6.07) is -0.425. The fourth-order valence-corrected chi connectivity index (χ4v) is 1.63. The third kappa shape index (κ3) is 4.50. The molecule has 1 atom stereocenters. The number of carbonyl (C=O) groups is 2. The maximum absolute atomic E-state index is 11.4. The van der Waals surface area contributed by atoms with Crippen molar-refractivity contribution in [3.63, 3.8) is 0 Å². The van der Waals surface area contributed by atoms with Gasteiger partial charge >= 0.3 is 12.0 Å². The van der Waals surface area contributed by atoms with Gasteiger partial charge in [0.25, 0.3) is 0 Å². The van der Waals surface area contributed by atoms with Crippen LogP contribution in [0.25, 0.3) is 0 Å². The molecule has 0 saturated carbocycles. The Bertz CT molecular complexity index is 289. The van der Waals surface area contributed by atoms with Crippen molar-refractivity contribution in [2.45, 2.75) is 18.9 Å². The number of carbonyl (C=O) groups excluding carboxylic acids is 2. The number of nitrogens with one attached hydrogen (secondary N) is 2. The van der Waals surface area contributed by atoms with E-state index in [1.54, 1.807) is 14.0 Å². The molecule has 0 aliphatic carbocycles. The normalized spacial score (nSPS) is 22.6. The highest BCUT2D eigenvalue weighted by atomic mass is 16.6. The van der Waals surface area contributed by atoms with E-state index in [0.29, 0.717) is 26.4 Å². The van der Waals surface area contributed by atoms with Crippen LogP contribution in [-0.2, 0) is 19.0 Å². The predicted molar refractivity (Wildman–Crippen MR) is 63.2 cm³/mol. The molecule has 1 heterocycles. The molecule has 0 radical (unpaired) electrons. The summed E-state index contributed by atoms with van der Waals surface area (Å²) in [6.45, 7) is 3.29. The van der Waals surface area contributed by atoms with Gasteiger partial charge in [0, 0.05) is 20.1 Å². The maximum Gasteiger partial charge on any atom is 0.325 e. The zero-order chi connectivity index (χ0) is 13.4. The quantitative estimate of drug-likeness (QED) is 0.638. The molecule has 0 aromatic carbocycles. The molecular formula is C11H20N2O5. The second-order valence-corrected chi connectivity index (χ2v) is 4.03. The summed E-state index contributed by atoms with van der Waals surface area (Å²) in [4.78, 5) is 22.5. The number of hydrogen-bond donors (Lipinski definition) is 2. The fraction of sp³-hybridized carbons (Fsp3) is 0.818. The van der Waals surface area contributed by atoms with Crippen LogP contribution in [0.3, 0.4) is 0 Å². The van der Waals surface area contributed by atoms with Crippen molar-refractivity contribution in [2.24, 2.45) is 0 Å². The number of rotatable bonds is 6. The Labute approximate surface area is 106 Å². The van der Waals surface area contributed by atoms with Gasteiger partial charge in [-0.1, -0.05) is 0 Å². The third-order valence-corrected chi connectivity index (χ3v) is 2.77. The van der Waals surface area contributed by atoms with Crippen LogP contribution in [0.15, 0.2) is 0 Å². The second kappa shape index (κ2) is 7.17. The van der Waals surface area contributed by atoms with Gasteiger partial charge in [0.1, 0.15) is 12.1 Å². The van der Waals surface area contributed by atoms with E-state index in [0.717, 1.165) is 6.42 Å². The van der Waals surface area contributed by atoms with Crippen molar-refractivity contribution >= 4 is 12.0 Å². The van der Waals surface area contributed by atoms with Gasteiger partial charge in [0.2, 0.25) is 0 Å². The molecule has 0 bridgehead atoms. The minimum atomic E-state index is -0.460. The van der Waals surface area contributed by atoms with Crippen LogP contribution in [0.2, 0.25) is 0 Å². The van der Waals surface area contributed by atoms with Gasteiger partial charge in [-0.15, -0.1) is 0 Å². The molecule has 0 spiro atoms. The zero-order valence-electron chi connectivity index (χ0n) is 10.8. The highest BCUT2D eigenvalue weighted by Gasteiger charge is 2.35. The van der Waals surface area contributed by atoms with Crippen molar-refractivity contribution in [2.75, 3.05) is 40.0 Å². The lowest BCUT2D eigenvalue weighted by Crippen LogP contribution is -2.48. The van der Waals surface area contributed by atoms with E-state index < -0.39 is 17.6 Å². The van der Waals surface area contributed by atoms with Crippen molar-refractivity contribution in [1.29, 1.82) is 0 Å². The van der Waals surface area contributed by atoms with Crippen molar-refractivity contribution in [1.82, 2.24) is 10.6 Å². The molecule has 18 heavy (non-hydrogen) atoms. The van der Waals surface area contributed by atoms with Gasteiger partial charge in [-0.3, -0.25) is 4.79 Å². The molecule has 7 heteroatoms. The molecule has 1 saturated heterocycles. The largest absolute Gasteiger partial charge is 0.465 e. The molecular weight excluding hydrogens is 240 g/mol. The Hall–Kier alpha value is -1.34. The summed E-state index contributed by atoms with van der Waals surface area (Å²) in [5.74, 6) is -0.460. The standard InChI is InChI=1S/C11H20N2O5/c1-3-18-9(14)6-12-10(15)13-7-11(16-2)4-5-17-8-11/h3-8H2,1-2H3,(H2,12,13,15). The Kier molecular flexibility index (Phi) is 5.87. The van der Waals surface area contributed by atoms with E-state index in [1.807, 2.05) is 0 Å². The van der Waals surface area contributed by atoms with Crippen molar-refractivity contribution < 1.29 is 23.8 Å². The maximum atomic E-state index is 11.4. The first-order chi connectivity index (χ1) is 8.62. The average molecular weight is 260 g/mol. The number of urea groups is 1. The van der Waals surface area contributed by atoms with Crippen LogP contribution >= 0.6 is 0 Å². The third-order valence-electron chi connectivity index (χ3n) is 2.77. The number of amides is 2. The summed E-state index contributed by atoms with van der Waals surface area (Å²) >= 11 is 0. The Morgan fingerprint density at radius 2 is 2.17 bits per heavy atom. The van der Waals surface area contributed by atoms with E-state index in [2.05, 4.69) is 15.4 Å². The molecule has 104 valence electrons. The molecule has 1 fully saturated rings. The van der Waals surface area contributed by atoms with Gasteiger partial charge in [0.05, 0.1) is 19.8 Å². The van der Waals surface area contributed by atoms with Crippen LogP contribution in [0, 0.1) is 0 Å². The highest BCUT2D eigenvalue weighted by molar-refractivity contribution is 5.80. The van der Waals surface area contributed by atoms with E-state index in [1.165, 1.54) is 0 Å². The minimum absolute atomic E-state index is 0.143. The Morgan fingerprint density at radius 1 is 1.39 bits per heavy atom. The zero-order valence-corrected chi connectivity index (χ0v) is 10.8. The fourth-order valence-electron chi connectivity index (χ4n) is 1.63. The molecule has 1 aliphatic heterocycles. The van der Waals surface area contributed by atoms with Gasteiger partial charge in [0.15, 0.2) is 0 Å². The molecule has 1 unspecified atom stereocenters. The van der Waals surface area contributed by atoms with Gasteiger partial charge in [-0.25, -0.2) is 4.79 Å². The molecule has 2 amide bonds. The van der Waals surface area contributed by atoms with Crippen LogP contribution in [-0.4, -0.2) is 57.6 Å².